The van der Waals surface area contributed by atoms with E-state index in [1.807, 2.05) is 36.4 Å². The Hall–Kier alpha value is -5.24. The summed E-state index contributed by atoms with van der Waals surface area (Å²) < 4.78 is 0. The molecule has 0 unspecified atom stereocenters. The van der Waals surface area contributed by atoms with Gasteiger partial charge in [0.1, 0.15) is 0 Å². The number of benzene rings is 4. The first-order valence-corrected chi connectivity index (χ1v) is 12.5. The Labute approximate surface area is 226 Å². The van der Waals surface area contributed by atoms with Gasteiger partial charge in [-0.25, -0.2) is 0 Å². The maximum atomic E-state index is 12.7. The molecular formula is C31H28N4O4. The number of carbonyl (C=O) groups is 4. The van der Waals surface area contributed by atoms with Crippen LogP contribution in [0.5, 0.6) is 0 Å². The van der Waals surface area contributed by atoms with Crippen LogP contribution in [0.4, 0.5) is 22.7 Å². The van der Waals surface area contributed by atoms with Gasteiger partial charge in [-0.1, -0.05) is 60.7 Å². The molecule has 0 spiro atoms. The van der Waals surface area contributed by atoms with Gasteiger partial charge < -0.3 is 21.3 Å². The molecule has 8 nitrogen and oxygen atoms in total. The molecule has 0 aromatic heterocycles. The van der Waals surface area contributed by atoms with E-state index >= 15 is 0 Å². The van der Waals surface area contributed by atoms with E-state index in [1.165, 1.54) is 0 Å². The lowest BCUT2D eigenvalue weighted by molar-refractivity contribution is -0.117. The molecule has 0 fully saturated rings. The number of rotatable bonds is 10. The molecular weight excluding hydrogens is 492 g/mol. The number of hydrogen-bond donors (Lipinski definition) is 4. The molecule has 0 aliphatic rings. The largest absolute Gasteiger partial charge is 0.325 e. The molecule has 0 bridgehead atoms. The minimum absolute atomic E-state index is 0.0815. The van der Waals surface area contributed by atoms with Gasteiger partial charge in [-0.2, -0.15) is 0 Å². The molecule has 39 heavy (non-hydrogen) atoms. The van der Waals surface area contributed by atoms with Crippen molar-refractivity contribution < 1.29 is 19.2 Å². The van der Waals surface area contributed by atoms with Crippen LogP contribution in [0.15, 0.2) is 109 Å². The molecule has 196 valence electrons. The summed E-state index contributed by atoms with van der Waals surface area (Å²) in [7, 11) is 0. The smallest absolute Gasteiger partial charge is 0.257 e. The Bertz CT molecular complexity index is 1340. The van der Waals surface area contributed by atoms with Gasteiger partial charge in [-0.05, 0) is 55.0 Å². The van der Waals surface area contributed by atoms with E-state index in [1.54, 1.807) is 72.8 Å². The summed E-state index contributed by atoms with van der Waals surface area (Å²) in [6, 6.07) is 31.6. The van der Waals surface area contributed by atoms with Gasteiger partial charge >= 0.3 is 0 Å². The van der Waals surface area contributed by atoms with Crippen molar-refractivity contribution in [2.75, 3.05) is 21.3 Å². The molecule has 0 saturated heterocycles. The molecule has 4 rings (SSSR count). The van der Waals surface area contributed by atoms with E-state index in [4.69, 9.17) is 0 Å². The Morgan fingerprint density at radius 3 is 1.21 bits per heavy atom. The van der Waals surface area contributed by atoms with Gasteiger partial charge in [0.25, 0.3) is 11.8 Å². The summed E-state index contributed by atoms with van der Waals surface area (Å²) in [5.41, 5.74) is 2.73. The highest BCUT2D eigenvalue weighted by molar-refractivity contribution is 6.11. The normalized spacial score (nSPS) is 10.3. The lowest BCUT2D eigenvalue weighted by atomic mass is 10.1. The lowest BCUT2D eigenvalue weighted by Crippen LogP contribution is -2.19. The Morgan fingerprint density at radius 1 is 0.436 bits per heavy atom. The summed E-state index contributed by atoms with van der Waals surface area (Å²) in [5.74, 6) is -1.31. The maximum Gasteiger partial charge on any atom is 0.257 e. The third-order valence-corrected chi connectivity index (χ3v) is 5.76. The second-order valence-electron chi connectivity index (χ2n) is 8.68. The van der Waals surface area contributed by atoms with Gasteiger partial charge in [0, 0.05) is 24.2 Å². The minimum Gasteiger partial charge on any atom is -0.325 e. The summed E-state index contributed by atoms with van der Waals surface area (Å²) in [5, 5.41) is 11.1. The highest BCUT2D eigenvalue weighted by Gasteiger charge is 2.15. The molecule has 0 radical (unpaired) electrons. The van der Waals surface area contributed by atoms with E-state index in [9.17, 15) is 19.2 Å². The van der Waals surface area contributed by atoms with Crippen LogP contribution in [0.3, 0.4) is 0 Å². The zero-order valence-electron chi connectivity index (χ0n) is 21.1. The molecule has 8 heteroatoms. The monoisotopic (exact) mass is 520 g/mol. The van der Waals surface area contributed by atoms with Gasteiger partial charge in [0.2, 0.25) is 11.8 Å². The fourth-order valence-electron chi connectivity index (χ4n) is 3.85. The third-order valence-electron chi connectivity index (χ3n) is 5.76. The van der Waals surface area contributed by atoms with Gasteiger partial charge in [0.15, 0.2) is 0 Å². The van der Waals surface area contributed by atoms with E-state index < -0.39 is 0 Å². The first kappa shape index (κ1) is 26.8. The molecule has 0 saturated carbocycles. The van der Waals surface area contributed by atoms with Crippen molar-refractivity contribution in [2.45, 2.75) is 19.3 Å². The quantitative estimate of drug-likeness (QED) is 0.207. The standard InChI is InChI=1S/C31H28N4O4/c36-28(34-26-18-9-7-16-24(26)30(38)32-22-12-3-1-4-13-22)20-11-21-29(37)35-27-19-10-8-17-25(27)31(39)33-23-14-5-2-6-15-23/h1-10,12-19H,11,20-21H2,(H,32,38)(H,33,39)(H,34,36)(H,35,37). The molecule has 4 N–H and O–H groups in total. The van der Waals surface area contributed by atoms with E-state index in [0.717, 1.165) is 0 Å². The van der Waals surface area contributed by atoms with E-state index in [2.05, 4.69) is 21.3 Å². The van der Waals surface area contributed by atoms with Gasteiger partial charge in [0.05, 0.1) is 22.5 Å². The van der Waals surface area contributed by atoms with Crippen LogP contribution in [-0.4, -0.2) is 23.6 Å². The summed E-state index contributed by atoms with van der Waals surface area (Å²) in [6.07, 6.45) is 0.449. The Kier molecular flexibility index (Phi) is 9.18. The van der Waals surface area contributed by atoms with Crippen molar-refractivity contribution in [2.24, 2.45) is 0 Å². The summed E-state index contributed by atoms with van der Waals surface area (Å²) in [6.45, 7) is 0. The third kappa shape index (κ3) is 7.87. The fraction of sp³-hybridized carbons (Fsp3) is 0.0968. The van der Waals surface area contributed by atoms with E-state index in [0.29, 0.717) is 33.9 Å². The van der Waals surface area contributed by atoms with Crippen LogP contribution in [0.2, 0.25) is 0 Å². The first-order chi connectivity index (χ1) is 19.0. The van der Waals surface area contributed by atoms with Crippen molar-refractivity contribution in [3.8, 4) is 0 Å². The molecule has 0 aliphatic heterocycles. The first-order valence-electron chi connectivity index (χ1n) is 12.5. The highest BCUT2D eigenvalue weighted by Crippen LogP contribution is 2.20. The van der Waals surface area contributed by atoms with Gasteiger partial charge in [-0.15, -0.1) is 0 Å². The number of anilines is 4. The molecule has 0 aliphatic carbocycles. The van der Waals surface area contributed by atoms with E-state index in [-0.39, 0.29) is 42.9 Å². The number of hydrogen-bond acceptors (Lipinski definition) is 4. The molecule has 4 aromatic carbocycles. The molecule has 4 aromatic rings. The Balaban J connectivity index is 1.28. The summed E-state index contributed by atoms with van der Waals surface area (Å²) in [4.78, 5) is 50.6. The van der Waals surface area contributed by atoms with Gasteiger partial charge in [-0.3, -0.25) is 19.2 Å². The van der Waals surface area contributed by atoms with Crippen LogP contribution >= 0.6 is 0 Å². The fourth-order valence-corrected chi connectivity index (χ4v) is 3.85. The number of amides is 4. The minimum atomic E-state index is -0.341. The zero-order valence-corrected chi connectivity index (χ0v) is 21.1. The Morgan fingerprint density at radius 2 is 0.795 bits per heavy atom. The summed E-state index contributed by atoms with van der Waals surface area (Å²) >= 11 is 0. The molecule has 4 amide bonds. The lowest BCUT2D eigenvalue weighted by Gasteiger charge is -2.12. The second kappa shape index (κ2) is 13.3. The van der Waals surface area contributed by atoms with Crippen LogP contribution in [-0.2, 0) is 9.59 Å². The maximum absolute atomic E-state index is 12.7. The predicted octanol–water partition coefficient (Wildman–Crippen LogP) is 5.94. The van der Waals surface area contributed by atoms with Crippen molar-refractivity contribution in [1.82, 2.24) is 0 Å². The second-order valence-corrected chi connectivity index (χ2v) is 8.68. The SMILES string of the molecule is O=C(CCCC(=O)Nc1ccccc1C(=O)Nc1ccccc1)Nc1ccccc1C(=O)Nc1ccccc1. The highest BCUT2D eigenvalue weighted by atomic mass is 16.2. The van der Waals surface area contributed by atoms with Crippen molar-refractivity contribution in [1.29, 1.82) is 0 Å². The van der Waals surface area contributed by atoms with Crippen LogP contribution in [0.25, 0.3) is 0 Å². The van der Waals surface area contributed by atoms with Crippen molar-refractivity contribution >= 4 is 46.4 Å². The van der Waals surface area contributed by atoms with Crippen LogP contribution < -0.4 is 21.3 Å². The molecule has 0 heterocycles. The molecule has 0 atom stereocenters. The number of para-hydroxylation sites is 4. The zero-order chi connectivity index (χ0) is 27.5. The predicted molar refractivity (Wildman–Crippen MR) is 153 cm³/mol. The van der Waals surface area contributed by atoms with Crippen molar-refractivity contribution in [3.63, 3.8) is 0 Å². The van der Waals surface area contributed by atoms with Crippen molar-refractivity contribution in [3.05, 3.63) is 120 Å². The average Bonchev–Trinajstić information content (AvgIpc) is 2.94. The topological polar surface area (TPSA) is 116 Å². The van der Waals surface area contributed by atoms with Crippen LogP contribution in [0.1, 0.15) is 40.0 Å². The number of carbonyl (C=O) groups excluding carboxylic acids is 4. The number of nitrogens with one attached hydrogen (secondary N) is 4. The van der Waals surface area contributed by atoms with Crippen LogP contribution in [0, 0.1) is 0 Å². The average molecular weight is 521 g/mol.